The smallest absolute Gasteiger partial charge is 0.350 e. The number of hydrogen-bond donors (Lipinski definition) is 3. The third kappa shape index (κ3) is 4.73. The molecule has 2 aromatic heterocycles. The van der Waals surface area contributed by atoms with E-state index >= 15 is 0 Å². The summed E-state index contributed by atoms with van der Waals surface area (Å²) in [5.74, 6) is -1.87. The molecule has 4 rings (SSSR count). The summed E-state index contributed by atoms with van der Waals surface area (Å²) in [4.78, 5) is 17.8. The van der Waals surface area contributed by atoms with Crippen molar-refractivity contribution in [3.63, 3.8) is 0 Å². The number of anilines is 2. The number of alkyl halides is 3. The van der Waals surface area contributed by atoms with E-state index in [4.69, 9.17) is 5.41 Å². The molecule has 1 amide bonds. The van der Waals surface area contributed by atoms with Gasteiger partial charge < -0.3 is 16.0 Å². The van der Waals surface area contributed by atoms with Gasteiger partial charge in [0.2, 0.25) is 0 Å². The first-order chi connectivity index (χ1) is 17.2. The Bertz CT molecular complexity index is 1540. The maximum Gasteiger partial charge on any atom is 0.432 e. The van der Waals surface area contributed by atoms with Crippen LogP contribution in [0, 0.1) is 22.6 Å². The summed E-state index contributed by atoms with van der Waals surface area (Å²) >= 11 is 0. The topological polar surface area (TPSA) is 132 Å². The molecule has 2 aromatic carbocycles. The number of carbonyl (C=O) groups excluding carboxylic acids is 1. The fraction of sp³-hybridized carbons (Fsp3) is 0.0435. The van der Waals surface area contributed by atoms with E-state index < -0.39 is 29.2 Å². The van der Waals surface area contributed by atoms with E-state index in [1.807, 2.05) is 6.07 Å². The second-order valence-corrected chi connectivity index (χ2v) is 7.18. The van der Waals surface area contributed by atoms with Gasteiger partial charge in [0.15, 0.2) is 5.82 Å². The summed E-state index contributed by atoms with van der Waals surface area (Å²) in [6, 6.07) is 11.0. The molecule has 180 valence electrons. The summed E-state index contributed by atoms with van der Waals surface area (Å²) in [5.41, 5.74) is -2.85. The van der Waals surface area contributed by atoms with Crippen molar-refractivity contribution in [3.05, 3.63) is 83.7 Å². The van der Waals surface area contributed by atoms with Crippen molar-refractivity contribution >= 4 is 34.3 Å². The van der Waals surface area contributed by atoms with E-state index in [0.717, 1.165) is 11.0 Å². The van der Waals surface area contributed by atoms with Gasteiger partial charge >= 0.3 is 6.18 Å². The normalized spacial score (nSPS) is 12.0. The van der Waals surface area contributed by atoms with Gasteiger partial charge in [-0.25, -0.2) is 9.37 Å². The number of carbonyl (C=O) groups is 1. The van der Waals surface area contributed by atoms with Crippen LogP contribution in [-0.4, -0.2) is 38.3 Å². The first-order valence-corrected chi connectivity index (χ1v) is 10.1. The van der Waals surface area contributed by atoms with Crippen LogP contribution in [0.1, 0.15) is 5.56 Å². The van der Waals surface area contributed by atoms with Crippen LogP contribution in [0.15, 0.2) is 72.3 Å². The van der Waals surface area contributed by atoms with Gasteiger partial charge in [-0.3, -0.25) is 4.79 Å². The van der Waals surface area contributed by atoms with Crippen LogP contribution in [0.3, 0.4) is 0 Å². The van der Waals surface area contributed by atoms with Crippen LogP contribution in [0.5, 0.6) is 0 Å². The number of hydrogen-bond acceptors (Lipinski definition) is 7. The predicted octanol–water partition coefficient (Wildman–Crippen LogP) is 4.34. The van der Waals surface area contributed by atoms with Crippen LogP contribution in [0.2, 0.25) is 0 Å². The Morgan fingerprint density at radius 1 is 1.08 bits per heavy atom. The Hall–Kier alpha value is -5.12. The van der Waals surface area contributed by atoms with E-state index in [1.165, 1.54) is 54.9 Å². The average molecular weight is 494 g/mol. The van der Waals surface area contributed by atoms with Gasteiger partial charge in [0.1, 0.15) is 23.1 Å². The number of amides is 1. The summed E-state index contributed by atoms with van der Waals surface area (Å²) in [7, 11) is 0. The number of allylic oxidation sites excluding steroid dienone is 1. The standard InChI is InChI=1S/C23H14F4N8O/c24-18-5-1-4-16-15(18)3-2-6-19(16)34-20(23(25,26)27)17(11-29)22(36)33-14-9-13(10-28)21(30-12-14)35-31-7-8-32-35/h1-9,11-12,29,34H,(H,33,36)/b20-17+,29-11?. The molecule has 4 aromatic rings. The zero-order valence-electron chi connectivity index (χ0n) is 18.0. The van der Waals surface area contributed by atoms with Crippen molar-refractivity contribution in [2.75, 3.05) is 10.6 Å². The zero-order valence-corrected chi connectivity index (χ0v) is 18.0. The number of aromatic nitrogens is 4. The van der Waals surface area contributed by atoms with E-state index in [1.54, 1.807) is 0 Å². The molecule has 0 aliphatic carbocycles. The number of nitrogens with one attached hydrogen (secondary N) is 3. The van der Waals surface area contributed by atoms with E-state index in [0.29, 0.717) is 0 Å². The second-order valence-electron chi connectivity index (χ2n) is 7.18. The monoisotopic (exact) mass is 494 g/mol. The molecular formula is C23H14F4N8O. The summed E-state index contributed by atoms with van der Waals surface area (Å²) in [5, 5.41) is 29.2. The minimum absolute atomic E-state index is 0.0455. The lowest BCUT2D eigenvalue weighted by Crippen LogP contribution is -2.27. The Kier molecular flexibility index (Phi) is 6.42. The molecule has 0 atom stereocenters. The van der Waals surface area contributed by atoms with Crippen LogP contribution < -0.4 is 10.6 Å². The molecule has 0 aliphatic heterocycles. The molecule has 0 radical (unpaired) electrons. The van der Waals surface area contributed by atoms with Crippen LogP contribution in [0.25, 0.3) is 16.6 Å². The molecule has 13 heteroatoms. The Morgan fingerprint density at radius 2 is 1.78 bits per heavy atom. The highest BCUT2D eigenvalue weighted by molar-refractivity contribution is 6.18. The van der Waals surface area contributed by atoms with Crippen molar-refractivity contribution in [3.8, 4) is 11.9 Å². The van der Waals surface area contributed by atoms with Crippen molar-refractivity contribution in [1.29, 1.82) is 10.7 Å². The van der Waals surface area contributed by atoms with Crippen LogP contribution >= 0.6 is 0 Å². The molecule has 0 fully saturated rings. The highest BCUT2D eigenvalue weighted by Crippen LogP contribution is 2.33. The summed E-state index contributed by atoms with van der Waals surface area (Å²) in [6.07, 6.45) is -1.01. The lowest BCUT2D eigenvalue weighted by molar-refractivity contribution is -0.114. The molecule has 0 aliphatic rings. The first kappa shape index (κ1) is 24.0. The maximum atomic E-state index is 14.1. The van der Waals surface area contributed by atoms with Gasteiger partial charge in [-0.2, -0.15) is 28.6 Å². The number of halogens is 4. The number of benzene rings is 2. The Labute approximate surface area is 200 Å². The fourth-order valence-electron chi connectivity index (χ4n) is 3.35. The van der Waals surface area contributed by atoms with Crippen LogP contribution in [-0.2, 0) is 4.79 Å². The molecule has 0 saturated heterocycles. The zero-order chi connectivity index (χ0) is 25.9. The van der Waals surface area contributed by atoms with Crippen LogP contribution in [0.4, 0.5) is 28.9 Å². The molecule has 36 heavy (non-hydrogen) atoms. The van der Waals surface area contributed by atoms with Gasteiger partial charge in [-0.15, -0.1) is 4.80 Å². The largest absolute Gasteiger partial charge is 0.432 e. The number of rotatable bonds is 6. The number of pyridine rings is 1. The van der Waals surface area contributed by atoms with Crippen molar-refractivity contribution in [1.82, 2.24) is 20.0 Å². The number of nitriles is 1. The van der Waals surface area contributed by atoms with E-state index in [9.17, 15) is 27.6 Å². The highest BCUT2D eigenvalue weighted by atomic mass is 19.4. The predicted molar refractivity (Wildman–Crippen MR) is 122 cm³/mol. The molecule has 3 N–H and O–H groups in total. The average Bonchev–Trinajstić information content (AvgIpc) is 3.38. The maximum absolute atomic E-state index is 14.1. The first-order valence-electron chi connectivity index (χ1n) is 10.1. The van der Waals surface area contributed by atoms with Crippen molar-refractivity contribution in [2.45, 2.75) is 6.18 Å². The van der Waals surface area contributed by atoms with Crippen molar-refractivity contribution < 1.29 is 22.4 Å². The molecule has 0 saturated carbocycles. The summed E-state index contributed by atoms with van der Waals surface area (Å²) in [6.45, 7) is 0. The Balaban J connectivity index is 1.71. The molecule has 9 nitrogen and oxygen atoms in total. The quantitative estimate of drug-likeness (QED) is 0.208. The summed E-state index contributed by atoms with van der Waals surface area (Å²) < 4.78 is 56.1. The van der Waals surface area contributed by atoms with Crippen molar-refractivity contribution in [2.24, 2.45) is 0 Å². The van der Waals surface area contributed by atoms with Gasteiger partial charge in [-0.05, 0) is 18.2 Å². The minimum atomic E-state index is -5.08. The molecule has 0 spiro atoms. The van der Waals surface area contributed by atoms with E-state index in [-0.39, 0.29) is 39.7 Å². The van der Waals surface area contributed by atoms with Gasteiger partial charge in [0.05, 0.1) is 29.9 Å². The second kappa shape index (κ2) is 9.63. The SMILES string of the molecule is N#Cc1cc(NC(=O)/C(C=N)=C(/Nc2cccc3c(F)cccc23)C(F)(F)F)cnc1-n1nccn1. The Morgan fingerprint density at radius 3 is 2.44 bits per heavy atom. The third-order valence-corrected chi connectivity index (χ3v) is 4.92. The minimum Gasteiger partial charge on any atom is -0.350 e. The third-order valence-electron chi connectivity index (χ3n) is 4.92. The van der Waals surface area contributed by atoms with Gasteiger partial charge in [0, 0.05) is 22.7 Å². The molecule has 0 unspecified atom stereocenters. The lowest BCUT2D eigenvalue weighted by Gasteiger charge is -2.19. The number of nitrogens with zero attached hydrogens (tertiary/aromatic N) is 5. The van der Waals surface area contributed by atoms with E-state index in [2.05, 4.69) is 25.8 Å². The molecular weight excluding hydrogens is 480 g/mol. The highest BCUT2D eigenvalue weighted by Gasteiger charge is 2.38. The number of fused-ring (bicyclic) bond motifs is 1. The molecule has 0 bridgehead atoms. The molecule has 2 heterocycles. The van der Waals surface area contributed by atoms with Gasteiger partial charge in [-0.1, -0.05) is 24.3 Å². The lowest BCUT2D eigenvalue weighted by atomic mass is 10.1. The van der Waals surface area contributed by atoms with Gasteiger partial charge in [0.25, 0.3) is 5.91 Å². The fourth-order valence-corrected chi connectivity index (χ4v) is 3.35.